The number of alkyl halides is 3. The summed E-state index contributed by atoms with van der Waals surface area (Å²) in [6.07, 6.45) is -2.20. The molecule has 7 nitrogen and oxygen atoms in total. The molecule has 3 N–H and O–H groups in total. The van der Waals surface area contributed by atoms with Gasteiger partial charge in [0.1, 0.15) is 5.82 Å². The van der Waals surface area contributed by atoms with E-state index in [0.717, 1.165) is 0 Å². The van der Waals surface area contributed by atoms with Gasteiger partial charge in [-0.2, -0.15) is 13.2 Å². The molecule has 0 aliphatic heterocycles. The maximum Gasteiger partial charge on any atom is 0.490 e. The predicted molar refractivity (Wildman–Crippen MR) is 118 cm³/mol. The minimum Gasteiger partial charge on any atom is -0.475 e. The number of nitrogens with two attached hydrogens (primary N) is 1. The lowest BCUT2D eigenvalue weighted by atomic mass is 10.0. The van der Waals surface area contributed by atoms with Gasteiger partial charge in [-0.05, 0) is 38.5 Å². The Kier molecular flexibility index (Phi) is 7.66. The van der Waals surface area contributed by atoms with E-state index in [0.29, 0.717) is 22.3 Å². The number of rotatable bonds is 3. The van der Waals surface area contributed by atoms with Gasteiger partial charge in [-0.1, -0.05) is 30.3 Å². The van der Waals surface area contributed by atoms with Crippen LogP contribution in [-0.4, -0.2) is 40.4 Å². The first kappa shape index (κ1) is 26.7. The summed E-state index contributed by atoms with van der Waals surface area (Å²) in [5.74, 6) is -3.14. The number of halogens is 4. The molecule has 2 aromatic carbocycles. The molecule has 0 bridgehead atoms. The number of carboxylic acids is 1. The van der Waals surface area contributed by atoms with Crippen molar-refractivity contribution in [3.63, 3.8) is 0 Å². The summed E-state index contributed by atoms with van der Waals surface area (Å²) >= 11 is 0. The van der Waals surface area contributed by atoms with E-state index >= 15 is 0 Å². The number of carboxylic acid groups (broad SMARTS) is 1. The topological polar surface area (TPSA) is 123 Å². The Morgan fingerprint density at radius 2 is 1.47 bits per heavy atom. The zero-order valence-electron chi connectivity index (χ0n) is 18.3. The number of sulfone groups is 1. The van der Waals surface area contributed by atoms with Crippen LogP contribution in [-0.2, 0) is 14.6 Å². The summed E-state index contributed by atoms with van der Waals surface area (Å²) in [4.78, 5) is 16.8. The number of nitrogen functional groups attached to an aromatic ring is 1. The highest BCUT2D eigenvalue weighted by Crippen LogP contribution is 2.35. The fourth-order valence-electron chi connectivity index (χ4n) is 2.66. The number of aromatic nitrogens is 2. The van der Waals surface area contributed by atoms with E-state index in [4.69, 9.17) is 15.6 Å². The number of carbonyl (C=O) groups is 1. The van der Waals surface area contributed by atoms with Crippen LogP contribution >= 0.6 is 0 Å². The van der Waals surface area contributed by atoms with Gasteiger partial charge < -0.3 is 10.8 Å². The number of anilines is 1. The summed E-state index contributed by atoms with van der Waals surface area (Å²) < 4.78 is 71.4. The Morgan fingerprint density at radius 3 is 1.94 bits per heavy atom. The maximum absolute atomic E-state index is 14.7. The van der Waals surface area contributed by atoms with Crippen molar-refractivity contribution in [1.82, 2.24) is 9.97 Å². The predicted octanol–water partition coefficient (Wildman–Crippen LogP) is 4.74. The highest BCUT2D eigenvalue weighted by molar-refractivity contribution is 7.92. The fourth-order valence-corrected chi connectivity index (χ4v) is 4.06. The lowest BCUT2D eigenvalue weighted by Crippen LogP contribution is -2.28. The van der Waals surface area contributed by atoms with Crippen LogP contribution in [0.5, 0.6) is 0 Å². The molecule has 0 aliphatic carbocycles. The molecule has 0 fully saturated rings. The standard InChI is InChI=1S/C20H20FN3O2S.C2HF3O2/c1-20(2,3)27(25,26)18-7-5-4-6-16(18)13-8-9-15(17(21)10-13)14-11-23-19(22)24-12-14;3-2(4,5)1(6)7/h4-12H,1-3H3,(H2,22,23,24);(H,6,7). The van der Waals surface area contributed by atoms with Gasteiger partial charge >= 0.3 is 12.1 Å². The Labute approximate surface area is 193 Å². The monoisotopic (exact) mass is 499 g/mol. The molecule has 0 unspecified atom stereocenters. The van der Waals surface area contributed by atoms with Crippen molar-refractivity contribution in [2.75, 3.05) is 5.73 Å². The average molecular weight is 499 g/mol. The summed E-state index contributed by atoms with van der Waals surface area (Å²) in [5.41, 5.74) is 7.21. The van der Waals surface area contributed by atoms with Crippen molar-refractivity contribution in [2.45, 2.75) is 36.6 Å². The van der Waals surface area contributed by atoms with Crippen LogP contribution in [0, 0.1) is 5.82 Å². The lowest BCUT2D eigenvalue weighted by molar-refractivity contribution is -0.192. The molecule has 0 aliphatic rings. The fraction of sp³-hybridized carbons (Fsp3) is 0.227. The molecule has 1 aromatic heterocycles. The van der Waals surface area contributed by atoms with Gasteiger partial charge in [0.2, 0.25) is 5.95 Å². The van der Waals surface area contributed by atoms with E-state index in [1.165, 1.54) is 18.5 Å². The molecular formula is C22H21F4N3O4S. The van der Waals surface area contributed by atoms with E-state index in [1.807, 2.05) is 0 Å². The quantitative estimate of drug-likeness (QED) is 0.499. The van der Waals surface area contributed by atoms with Gasteiger partial charge in [-0.25, -0.2) is 27.6 Å². The van der Waals surface area contributed by atoms with Gasteiger partial charge in [0.05, 0.1) is 9.64 Å². The number of nitrogens with zero attached hydrogens (tertiary/aromatic N) is 2. The van der Waals surface area contributed by atoms with Gasteiger partial charge in [0.25, 0.3) is 0 Å². The first-order chi connectivity index (χ1) is 15.6. The van der Waals surface area contributed by atoms with Gasteiger partial charge in [0, 0.05) is 29.1 Å². The van der Waals surface area contributed by atoms with Crippen LogP contribution in [0.25, 0.3) is 22.3 Å². The van der Waals surface area contributed by atoms with E-state index in [-0.39, 0.29) is 10.8 Å². The average Bonchev–Trinajstić information content (AvgIpc) is 2.73. The van der Waals surface area contributed by atoms with Gasteiger partial charge in [-0.15, -0.1) is 0 Å². The van der Waals surface area contributed by atoms with Crippen molar-refractivity contribution in [3.8, 4) is 22.3 Å². The highest BCUT2D eigenvalue weighted by Gasteiger charge is 2.38. The summed E-state index contributed by atoms with van der Waals surface area (Å²) in [6, 6.07) is 11.2. The molecule has 0 atom stereocenters. The second kappa shape index (κ2) is 9.75. The van der Waals surface area contributed by atoms with Crippen LogP contribution in [0.1, 0.15) is 20.8 Å². The number of benzene rings is 2. The number of hydrogen-bond acceptors (Lipinski definition) is 6. The summed E-state index contributed by atoms with van der Waals surface area (Å²) in [5, 5.41) is 7.12. The molecule has 0 amide bonds. The smallest absolute Gasteiger partial charge is 0.475 e. The molecule has 182 valence electrons. The van der Waals surface area contributed by atoms with Crippen LogP contribution in [0.2, 0.25) is 0 Å². The largest absolute Gasteiger partial charge is 0.490 e. The van der Waals surface area contributed by atoms with E-state index < -0.39 is 32.5 Å². The normalized spacial score (nSPS) is 12.0. The molecule has 3 rings (SSSR count). The summed E-state index contributed by atoms with van der Waals surface area (Å²) in [6.45, 7) is 4.93. The Balaban J connectivity index is 0.000000509. The van der Waals surface area contributed by atoms with E-state index in [1.54, 1.807) is 57.2 Å². The molecule has 12 heteroatoms. The second-order valence-electron chi connectivity index (χ2n) is 7.94. The minimum atomic E-state index is -5.08. The van der Waals surface area contributed by atoms with Crippen LogP contribution < -0.4 is 5.73 Å². The molecule has 0 spiro atoms. The van der Waals surface area contributed by atoms with Crippen LogP contribution in [0.4, 0.5) is 23.5 Å². The second-order valence-corrected chi connectivity index (χ2v) is 10.6. The van der Waals surface area contributed by atoms with Gasteiger partial charge in [0.15, 0.2) is 9.84 Å². The molecule has 0 saturated heterocycles. The maximum atomic E-state index is 14.7. The molecule has 1 heterocycles. The lowest BCUT2D eigenvalue weighted by Gasteiger charge is -2.21. The van der Waals surface area contributed by atoms with Crippen molar-refractivity contribution in [1.29, 1.82) is 0 Å². The molecule has 3 aromatic rings. The van der Waals surface area contributed by atoms with Crippen molar-refractivity contribution in [2.24, 2.45) is 0 Å². The van der Waals surface area contributed by atoms with E-state index in [2.05, 4.69) is 9.97 Å². The Bertz CT molecular complexity index is 1290. The highest BCUT2D eigenvalue weighted by atomic mass is 32.2. The zero-order valence-corrected chi connectivity index (χ0v) is 19.1. The molecule has 0 saturated carbocycles. The minimum absolute atomic E-state index is 0.108. The van der Waals surface area contributed by atoms with Crippen molar-refractivity contribution < 1.29 is 35.9 Å². The molecule has 0 radical (unpaired) electrons. The third kappa shape index (κ3) is 6.07. The third-order valence-electron chi connectivity index (χ3n) is 4.49. The van der Waals surface area contributed by atoms with Crippen molar-refractivity contribution >= 4 is 21.8 Å². The number of aliphatic carboxylic acids is 1. The molecule has 34 heavy (non-hydrogen) atoms. The SMILES string of the molecule is CC(C)(C)S(=O)(=O)c1ccccc1-c1ccc(-c2cnc(N)nc2)c(F)c1.O=C(O)C(F)(F)F. The van der Waals surface area contributed by atoms with Crippen LogP contribution in [0.15, 0.2) is 59.8 Å². The third-order valence-corrected chi connectivity index (χ3v) is 7.04. The first-order valence-corrected chi connectivity index (χ1v) is 11.1. The summed E-state index contributed by atoms with van der Waals surface area (Å²) in [7, 11) is -3.59. The van der Waals surface area contributed by atoms with E-state index in [9.17, 15) is 26.0 Å². The van der Waals surface area contributed by atoms with Gasteiger partial charge in [-0.3, -0.25) is 0 Å². The van der Waals surface area contributed by atoms with Crippen molar-refractivity contribution in [3.05, 3.63) is 60.7 Å². The molecular weight excluding hydrogens is 478 g/mol. The first-order valence-electron chi connectivity index (χ1n) is 9.57. The zero-order chi connectivity index (χ0) is 25.9. The Hall–Kier alpha value is -3.54. The Morgan fingerprint density at radius 1 is 0.941 bits per heavy atom. The number of hydrogen-bond donors (Lipinski definition) is 2. The van der Waals surface area contributed by atoms with Crippen LogP contribution in [0.3, 0.4) is 0 Å².